The molecule has 22 heavy (non-hydrogen) atoms. The van der Waals surface area contributed by atoms with Gasteiger partial charge >= 0.3 is 0 Å². The number of carbonyl (C=O) groups is 1. The molecule has 0 bridgehead atoms. The predicted octanol–water partition coefficient (Wildman–Crippen LogP) is 3.19. The highest BCUT2D eigenvalue weighted by molar-refractivity contribution is 6.34. The Bertz CT molecular complexity index is 701. The van der Waals surface area contributed by atoms with Gasteiger partial charge in [0.25, 0.3) is 11.6 Å². The highest BCUT2D eigenvalue weighted by atomic mass is 35.5. The summed E-state index contributed by atoms with van der Waals surface area (Å²) in [4.78, 5) is 22.1. The van der Waals surface area contributed by atoms with E-state index in [2.05, 4.69) is 5.32 Å². The number of ether oxygens (including phenoxy) is 1. The lowest BCUT2D eigenvalue weighted by Gasteiger charge is -2.07. The number of nitro groups is 1. The quantitative estimate of drug-likeness (QED) is 0.677. The van der Waals surface area contributed by atoms with E-state index >= 15 is 0 Å². The lowest BCUT2D eigenvalue weighted by Crippen LogP contribution is -2.23. The topological polar surface area (TPSA) is 81.5 Å². The molecule has 114 valence electrons. The van der Waals surface area contributed by atoms with Crippen LogP contribution in [0.3, 0.4) is 0 Å². The van der Waals surface area contributed by atoms with Gasteiger partial charge in [0.2, 0.25) is 0 Å². The fraction of sp³-hybridized carbons (Fsp3) is 0.133. The molecule has 7 heteroatoms. The molecule has 0 aromatic heterocycles. The number of nitrogens with one attached hydrogen (secondary N) is 1. The van der Waals surface area contributed by atoms with Crippen LogP contribution in [0.15, 0.2) is 42.5 Å². The van der Waals surface area contributed by atoms with E-state index in [0.717, 1.165) is 17.4 Å². The molecule has 0 unspecified atom stereocenters. The van der Waals surface area contributed by atoms with E-state index in [1.54, 1.807) is 19.2 Å². The summed E-state index contributed by atoms with van der Waals surface area (Å²) in [7, 11) is 1.58. The molecule has 0 saturated heterocycles. The van der Waals surface area contributed by atoms with Crippen molar-refractivity contribution < 1.29 is 14.5 Å². The Morgan fingerprint density at radius 1 is 1.27 bits per heavy atom. The number of rotatable bonds is 5. The number of nitrogens with zero attached hydrogens (tertiary/aromatic N) is 1. The largest absolute Gasteiger partial charge is 0.497 e. The van der Waals surface area contributed by atoms with Gasteiger partial charge < -0.3 is 10.1 Å². The number of hydrogen-bond acceptors (Lipinski definition) is 4. The number of hydrogen-bond donors (Lipinski definition) is 1. The van der Waals surface area contributed by atoms with Gasteiger partial charge in [0.15, 0.2) is 0 Å². The molecule has 2 aromatic carbocycles. The average Bonchev–Trinajstić information content (AvgIpc) is 2.52. The van der Waals surface area contributed by atoms with Gasteiger partial charge in [-0.3, -0.25) is 14.9 Å². The van der Waals surface area contributed by atoms with Crippen LogP contribution in [0.25, 0.3) is 0 Å². The number of halogens is 1. The van der Waals surface area contributed by atoms with Crippen LogP contribution in [0.5, 0.6) is 5.75 Å². The molecule has 0 aliphatic rings. The normalized spacial score (nSPS) is 10.1. The first-order chi connectivity index (χ1) is 10.5. The van der Waals surface area contributed by atoms with Crippen molar-refractivity contribution in [2.45, 2.75) is 6.54 Å². The van der Waals surface area contributed by atoms with Crippen molar-refractivity contribution in [2.75, 3.05) is 7.11 Å². The van der Waals surface area contributed by atoms with Crippen LogP contribution in [-0.2, 0) is 6.54 Å². The van der Waals surface area contributed by atoms with Crippen LogP contribution >= 0.6 is 11.6 Å². The van der Waals surface area contributed by atoms with Gasteiger partial charge in [0.1, 0.15) is 5.75 Å². The van der Waals surface area contributed by atoms with Crippen molar-refractivity contribution in [3.8, 4) is 5.75 Å². The van der Waals surface area contributed by atoms with Crippen molar-refractivity contribution in [3.63, 3.8) is 0 Å². The minimum absolute atomic E-state index is 0.0430. The van der Waals surface area contributed by atoms with Crippen molar-refractivity contribution in [1.82, 2.24) is 5.32 Å². The van der Waals surface area contributed by atoms with Gasteiger partial charge in [0.05, 0.1) is 22.6 Å². The number of amides is 1. The van der Waals surface area contributed by atoms with Gasteiger partial charge in [0, 0.05) is 18.7 Å². The van der Waals surface area contributed by atoms with Crippen LogP contribution in [0, 0.1) is 10.1 Å². The van der Waals surface area contributed by atoms with Crippen LogP contribution in [0.4, 0.5) is 5.69 Å². The second kappa shape index (κ2) is 6.91. The number of nitro benzene ring substituents is 1. The van der Waals surface area contributed by atoms with E-state index in [9.17, 15) is 14.9 Å². The summed E-state index contributed by atoms with van der Waals surface area (Å²) in [5.74, 6) is 0.337. The zero-order valence-electron chi connectivity index (χ0n) is 11.7. The lowest BCUT2D eigenvalue weighted by atomic mass is 10.1. The smallest absolute Gasteiger partial charge is 0.270 e. The first-order valence-corrected chi connectivity index (χ1v) is 6.74. The zero-order chi connectivity index (χ0) is 16.1. The standard InChI is InChI=1S/C15H13ClN2O4/c1-22-12-5-2-10(3-6-12)9-17-15(19)13-7-4-11(18(20)21)8-14(13)16/h2-8H,9H2,1H3,(H,17,19). The summed E-state index contributed by atoms with van der Waals surface area (Å²) in [6, 6.07) is 11.0. The molecule has 2 rings (SSSR count). The molecule has 6 nitrogen and oxygen atoms in total. The Labute approximate surface area is 131 Å². The van der Waals surface area contributed by atoms with Crippen molar-refractivity contribution in [2.24, 2.45) is 0 Å². The molecular formula is C15H13ClN2O4. The summed E-state index contributed by atoms with van der Waals surface area (Å²) in [6.45, 7) is 0.316. The summed E-state index contributed by atoms with van der Waals surface area (Å²) in [5, 5.41) is 13.4. The number of benzene rings is 2. The van der Waals surface area contributed by atoms with Gasteiger partial charge in [-0.1, -0.05) is 23.7 Å². The van der Waals surface area contributed by atoms with Crippen molar-refractivity contribution in [1.29, 1.82) is 0 Å². The fourth-order valence-corrected chi connectivity index (χ4v) is 2.08. The zero-order valence-corrected chi connectivity index (χ0v) is 12.5. The summed E-state index contributed by atoms with van der Waals surface area (Å²) < 4.78 is 5.05. The maximum absolute atomic E-state index is 12.1. The monoisotopic (exact) mass is 320 g/mol. The Morgan fingerprint density at radius 3 is 2.50 bits per heavy atom. The molecule has 0 saturated carbocycles. The number of methoxy groups -OCH3 is 1. The first kappa shape index (κ1) is 15.8. The van der Waals surface area contributed by atoms with E-state index in [1.807, 2.05) is 12.1 Å². The molecule has 2 aromatic rings. The van der Waals surface area contributed by atoms with Crippen molar-refractivity contribution in [3.05, 3.63) is 68.7 Å². The Morgan fingerprint density at radius 2 is 1.95 bits per heavy atom. The van der Waals surface area contributed by atoms with Gasteiger partial charge in [-0.05, 0) is 23.8 Å². The van der Waals surface area contributed by atoms with E-state index in [-0.39, 0.29) is 16.3 Å². The summed E-state index contributed by atoms with van der Waals surface area (Å²) in [6.07, 6.45) is 0. The highest BCUT2D eigenvalue weighted by Gasteiger charge is 2.14. The maximum Gasteiger partial charge on any atom is 0.270 e. The predicted molar refractivity (Wildman–Crippen MR) is 82.3 cm³/mol. The fourth-order valence-electron chi connectivity index (χ4n) is 1.82. The third-order valence-corrected chi connectivity index (χ3v) is 3.33. The minimum atomic E-state index is -0.565. The molecule has 0 spiro atoms. The SMILES string of the molecule is COc1ccc(CNC(=O)c2ccc([N+](=O)[O-])cc2Cl)cc1. The van der Waals surface area contributed by atoms with Gasteiger partial charge in [-0.25, -0.2) is 0 Å². The van der Waals surface area contributed by atoms with Crippen LogP contribution in [0.1, 0.15) is 15.9 Å². The van der Waals surface area contributed by atoms with Crippen LogP contribution in [0.2, 0.25) is 5.02 Å². The second-order valence-corrected chi connectivity index (χ2v) is 4.86. The molecular weight excluding hydrogens is 308 g/mol. The average molecular weight is 321 g/mol. The lowest BCUT2D eigenvalue weighted by molar-refractivity contribution is -0.384. The molecule has 0 aliphatic carbocycles. The van der Waals surface area contributed by atoms with E-state index in [0.29, 0.717) is 6.54 Å². The summed E-state index contributed by atoms with van der Waals surface area (Å²) in [5.41, 5.74) is 0.935. The Hall–Kier alpha value is -2.60. The maximum atomic E-state index is 12.1. The van der Waals surface area contributed by atoms with Crippen LogP contribution in [-0.4, -0.2) is 17.9 Å². The molecule has 0 heterocycles. The molecule has 0 aliphatic heterocycles. The van der Waals surface area contributed by atoms with E-state index in [4.69, 9.17) is 16.3 Å². The third-order valence-electron chi connectivity index (χ3n) is 3.02. The molecule has 0 atom stereocenters. The Balaban J connectivity index is 2.04. The van der Waals surface area contributed by atoms with E-state index < -0.39 is 10.8 Å². The molecule has 0 radical (unpaired) electrons. The highest BCUT2D eigenvalue weighted by Crippen LogP contribution is 2.22. The number of carbonyl (C=O) groups excluding carboxylic acids is 1. The molecule has 0 fully saturated rings. The van der Waals surface area contributed by atoms with Gasteiger partial charge in [-0.2, -0.15) is 0 Å². The molecule has 1 N–H and O–H groups in total. The summed E-state index contributed by atoms with van der Waals surface area (Å²) >= 11 is 5.91. The number of non-ortho nitro benzene ring substituents is 1. The second-order valence-electron chi connectivity index (χ2n) is 4.45. The van der Waals surface area contributed by atoms with Crippen LogP contribution < -0.4 is 10.1 Å². The first-order valence-electron chi connectivity index (χ1n) is 6.36. The third kappa shape index (κ3) is 3.73. The van der Waals surface area contributed by atoms with E-state index in [1.165, 1.54) is 12.1 Å². The van der Waals surface area contributed by atoms with Crippen molar-refractivity contribution >= 4 is 23.2 Å². The molecule has 1 amide bonds. The Kier molecular flexibility index (Phi) is 4.95. The van der Waals surface area contributed by atoms with Gasteiger partial charge in [-0.15, -0.1) is 0 Å². The minimum Gasteiger partial charge on any atom is -0.497 e.